The summed E-state index contributed by atoms with van der Waals surface area (Å²) in [5.74, 6) is 2.79. The quantitative estimate of drug-likeness (QED) is 0.498. The zero-order valence-corrected chi connectivity index (χ0v) is 16.1. The topological polar surface area (TPSA) is 74.4 Å². The third-order valence-electron chi connectivity index (χ3n) is 4.90. The van der Waals surface area contributed by atoms with Crippen molar-refractivity contribution in [3.8, 4) is 16.4 Å². The number of hydrogen-bond donors (Lipinski definition) is 2. The van der Waals surface area contributed by atoms with Gasteiger partial charge >= 0.3 is 0 Å². The largest absolute Gasteiger partial charge is 0.508 e. The van der Waals surface area contributed by atoms with Crippen molar-refractivity contribution < 1.29 is 9.52 Å². The minimum absolute atomic E-state index is 0.211. The van der Waals surface area contributed by atoms with Crippen LogP contribution in [0.2, 0.25) is 0 Å². The van der Waals surface area contributed by atoms with Crippen molar-refractivity contribution in [1.29, 1.82) is 0 Å². The van der Waals surface area contributed by atoms with Crippen molar-refractivity contribution in [2.45, 2.75) is 19.4 Å². The van der Waals surface area contributed by atoms with Gasteiger partial charge in [0.1, 0.15) is 23.6 Å². The average Bonchev–Trinajstić information content (AvgIpc) is 3.42. The van der Waals surface area contributed by atoms with Gasteiger partial charge in [-0.1, -0.05) is 6.07 Å². The predicted octanol–water partition coefficient (Wildman–Crippen LogP) is 5.00. The second kappa shape index (κ2) is 7.26. The van der Waals surface area contributed by atoms with Crippen molar-refractivity contribution in [3.05, 3.63) is 54.6 Å². The smallest absolute Gasteiger partial charge is 0.151 e. The van der Waals surface area contributed by atoms with Crippen LogP contribution in [0, 0.1) is 0 Å². The standard InChI is InChI=1S/C21H20N4O2S/c26-15-5-3-4-14(10-15)24-21-20-17(22-13-23-21)11-19(28-20)18-7-6-16(27-18)12-25-8-1-2-9-25/h3-7,10-11,13,26H,1-2,8-9,12H2,(H,22,23,24). The molecule has 0 spiro atoms. The maximum atomic E-state index is 9.68. The molecule has 0 atom stereocenters. The molecule has 2 N–H and O–H groups in total. The Labute approximate surface area is 166 Å². The lowest BCUT2D eigenvalue weighted by Crippen LogP contribution is -2.17. The number of fused-ring (bicyclic) bond motifs is 1. The average molecular weight is 392 g/mol. The van der Waals surface area contributed by atoms with Crippen LogP contribution in [0.3, 0.4) is 0 Å². The second-order valence-corrected chi connectivity index (χ2v) is 8.02. The molecule has 0 bridgehead atoms. The molecule has 4 aromatic rings. The molecule has 3 aromatic heterocycles. The van der Waals surface area contributed by atoms with Gasteiger partial charge in [-0.15, -0.1) is 11.3 Å². The molecule has 6 nitrogen and oxygen atoms in total. The van der Waals surface area contributed by atoms with Gasteiger partial charge in [0.2, 0.25) is 0 Å². The van der Waals surface area contributed by atoms with Crippen LogP contribution in [-0.2, 0) is 6.54 Å². The lowest BCUT2D eigenvalue weighted by atomic mass is 10.3. The zero-order valence-electron chi connectivity index (χ0n) is 15.3. The van der Waals surface area contributed by atoms with Crippen LogP contribution in [0.5, 0.6) is 5.75 Å². The van der Waals surface area contributed by atoms with Gasteiger partial charge in [-0.2, -0.15) is 0 Å². The molecule has 0 saturated carbocycles. The summed E-state index contributed by atoms with van der Waals surface area (Å²) in [6, 6.07) is 13.1. The van der Waals surface area contributed by atoms with E-state index in [0.29, 0.717) is 0 Å². The number of hydrogen-bond acceptors (Lipinski definition) is 7. The van der Waals surface area contributed by atoms with Crippen molar-refractivity contribution in [2.24, 2.45) is 0 Å². The molecule has 0 unspecified atom stereocenters. The first-order valence-electron chi connectivity index (χ1n) is 9.37. The van der Waals surface area contributed by atoms with E-state index >= 15 is 0 Å². The number of thiophene rings is 1. The highest BCUT2D eigenvalue weighted by Gasteiger charge is 2.16. The molecule has 0 amide bonds. The second-order valence-electron chi connectivity index (χ2n) is 6.97. The minimum atomic E-state index is 0.211. The molecule has 5 rings (SSSR count). The molecule has 1 fully saturated rings. The Bertz CT molecular complexity index is 1110. The summed E-state index contributed by atoms with van der Waals surface area (Å²) >= 11 is 1.60. The van der Waals surface area contributed by atoms with Gasteiger partial charge in [-0.3, -0.25) is 4.90 Å². The minimum Gasteiger partial charge on any atom is -0.508 e. The van der Waals surface area contributed by atoms with E-state index in [2.05, 4.69) is 26.3 Å². The van der Waals surface area contributed by atoms with Gasteiger partial charge in [0.15, 0.2) is 5.82 Å². The van der Waals surface area contributed by atoms with Gasteiger partial charge in [-0.05, 0) is 56.3 Å². The van der Waals surface area contributed by atoms with Crippen LogP contribution in [-0.4, -0.2) is 33.1 Å². The fourth-order valence-corrected chi connectivity index (χ4v) is 4.56. The van der Waals surface area contributed by atoms with E-state index in [1.54, 1.807) is 35.9 Å². The molecule has 4 heterocycles. The van der Waals surface area contributed by atoms with Crippen molar-refractivity contribution in [2.75, 3.05) is 18.4 Å². The van der Waals surface area contributed by atoms with E-state index < -0.39 is 0 Å². The molecule has 142 valence electrons. The number of nitrogens with one attached hydrogen (secondary N) is 1. The number of aromatic nitrogens is 2. The summed E-state index contributed by atoms with van der Waals surface area (Å²) < 4.78 is 7.06. The van der Waals surface area contributed by atoms with Gasteiger partial charge < -0.3 is 14.8 Å². The molecular formula is C21H20N4O2S. The Balaban J connectivity index is 1.43. The number of rotatable bonds is 5. The number of phenols is 1. The lowest BCUT2D eigenvalue weighted by Gasteiger charge is -2.11. The summed E-state index contributed by atoms with van der Waals surface area (Å²) in [5, 5.41) is 12.9. The Kier molecular flexibility index (Phi) is 4.46. The third-order valence-corrected chi connectivity index (χ3v) is 6.05. The summed E-state index contributed by atoms with van der Waals surface area (Å²) in [7, 11) is 0. The van der Waals surface area contributed by atoms with E-state index in [1.807, 2.05) is 18.2 Å². The van der Waals surface area contributed by atoms with Gasteiger partial charge in [0, 0.05) is 11.8 Å². The number of likely N-dealkylation sites (tertiary alicyclic amines) is 1. The maximum Gasteiger partial charge on any atom is 0.151 e. The van der Waals surface area contributed by atoms with Crippen LogP contribution >= 0.6 is 11.3 Å². The number of nitrogens with zero attached hydrogens (tertiary/aromatic N) is 3. The highest BCUT2D eigenvalue weighted by molar-refractivity contribution is 7.22. The SMILES string of the molecule is Oc1cccc(Nc2ncnc3cc(-c4ccc(CN5CCCC5)o4)sc23)c1. The van der Waals surface area contributed by atoms with Gasteiger partial charge in [0.25, 0.3) is 0 Å². The normalized spacial score (nSPS) is 14.7. The van der Waals surface area contributed by atoms with Gasteiger partial charge in [-0.25, -0.2) is 9.97 Å². The molecular weight excluding hydrogens is 372 g/mol. The highest BCUT2D eigenvalue weighted by atomic mass is 32.1. The monoisotopic (exact) mass is 392 g/mol. The molecule has 0 aliphatic carbocycles. The van der Waals surface area contributed by atoms with Crippen LogP contribution in [0.15, 0.2) is 53.2 Å². The van der Waals surface area contributed by atoms with E-state index in [9.17, 15) is 5.11 Å². The molecule has 28 heavy (non-hydrogen) atoms. The molecule has 0 radical (unpaired) electrons. The fourth-order valence-electron chi connectivity index (χ4n) is 3.54. The van der Waals surface area contributed by atoms with Crippen molar-refractivity contribution in [1.82, 2.24) is 14.9 Å². The molecule has 1 aliphatic rings. The first-order chi connectivity index (χ1) is 13.7. The summed E-state index contributed by atoms with van der Waals surface area (Å²) in [6.07, 6.45) is 4.10. The Morgan fingerprint density at radius 1 is 1.11 bits per heavy atom. The van der Waals surface area contributed by atoms with E-state index in [1.165, 1.54) is 12.8 Å². The summed E-state index contributed by atoms with van der Waals surface area (Å²) in [4.78, 5) is 12.2. The summed E-state index contributed by atoms with van der Waals surface area (Å²) in [6.45, 7) is 3.17. The summed E-state index contributed by atoms with van der Waals surface area (Å²) in [5.41, 5.74) is 1.65. The molecule has 1 saturated heterocycles. The number of phenolic OH excluding ortho intramolecular Hbond substituents is 1. The van der Waals surface area contributed by atoms with Crippen molar-refractivity contribution in [3.63, 3.8) is 0 Å². The fraction of sp³-hybridized carbons (Fsp3) is 0.238. The van der Waals surface area contributed by atoms with Crippen LogP contribution in [0.4, 0.5) is 11.5 Å². The van der Waals surface area contributed by atoms with E-state index in [4.69, 9.17) is 4.42 Å². The third kappa shape index (κ3) is 3.46. The Morgan fingerprint density at radius 3 is 2.86 bits per heavy atom. The number of benzene rings is 1. The highest BCUT2D eigenvalue weighted by Crippen LogP contribution is 2.37. The Morgan fingerprint density at radius 2 is 2.00 bits per heavy atom. The first kappa shape index (κ1) is 17.2. The maximum absolute atomic E-state index is 9.68. The predicted molar refractivity (Wildman–Crippen MR) is 111 cm³/mol. The van der Waals surface area contributed by atoms with Crippen LogP contribution in [0.1, 0.15) is 18.6 Å². The molecule has 7 heteroatoms. The first-order valence-corrected chi connectivity index (χ1v) is 10.2. The number of aromatic hydroxyl groups is 1. The lowest BCUT2D eigenvalue weighted by molar-refractivity contribution is 0.299. The molecule has 1 aliphatic heterocycles. The van der Waals surface area contributed by atoms with Crippen molar-refractivity contribution >= 4 is 33.1 Å². The zero-order chi connectivity index (χ0) is 18.9. The number of anilines is 2. The van der Waals surface area contributed by atoms with Crippen LogP contribution in [0.25, 0.3) is 20.9 Å². The Hall–Kier alpha value is -2.90. The van der Waals surface area contributed by atoms with Crippen LogP contribution < -0.4 is 5.32 Å². The number of furan rings is 1. The van der Waals surface area contributed by atoms with E-state index in [0.717, 1.165) is 57.8 Å². The van der Waals surface area contributed by atoms with E-state index in [-0.39, 0.29) is 5.75 Å². The van der Waals surface area contributed by atoms with Gasteiger partial charge in [0.05, 0.1) is 21.6 Å². The molecule has 1 aromatic carbocycles.